The summed E-state index contributed by atoms with van der Waals surface area (Å²) in [6.45, 7) is 8.16. The number of ether oxygens (including phenoxy) is 1. The minimum Gasteiger partial charge on any atom is -0.491 e. The molecule has 0 aliphatic carbocycles. The largest absolute Gasteiger partial charge is 0.491 e. The smallest absolute Gasteiger partial charge is 0.132 e. The molecule has 0 fully saturated rings. The average Bonchev–Trinajstić information content (AvgIpc) is 2.66. The minimum absolute atomic E-state index is 0.0479. The third kappa shape index (κ3) is 4.31. The summed E-state index contributed by atoms with van der Waals surface area (Å²) in [5.74, 6) is 0.439. The summed E-state index contributed by atoms with van der Waals surface area (Å²) in [4.78, 5) is 4.38. The molecule has 2 N–H and O–H groups in total. The quantitative estimate of drug-likeness (QED) is 0.655. The molecule has 0 aliphatic heterocycles. The molecule has 1 aromatic heterocycles. The first-order valence-electron chi connectivity index (χ1n) is 9.05. The van der Waals surface area contributed by atoms with Crippen molar-refractivity contribution in [3.05, 3.63) is 84.2 Å². The molecule has 2 aromatic carbocycles. The second-order valence-corrected chi connectivity index (χ2v) is 6.78. The van der Waals surface area contributed by atoms with Gasteiger partial charge in [0.05, 0.1) is 6.10 Å². The van der Waals surface area contributed by atoms with Crippen molar-refractivity contribution in [3.63, 3.8) is 0 Å². The van der Waals surface area contributed by atoms with Crippen LogP contribution in [0.15, 0.2) is 72.4 Å². The number of anilines is 1. The zero-order valence-corrected chi connectivity index (χ0v) is 16.3. The fraction of sp³-hybridized carbons (Fsp3) is 0.174. The number of aromatic nitrogens is 1. The first-order chi connectivity index (χ1) is 13.4. The highest BCUT2D eigenvalue weighted by molar-refractivity contribution is 5.70. The molecular weight excluding hydrogens is 353 g/mol. The molecule has 0 unspecified atom stereocenters. The number of nitrogens with two attached hydrogens (primary N) is 1. The van der Waals surface area contributed by atoms with Crippen LogP contribution in [0.2, 0.25) is 0 Å². The highest BCUT2D eigenvalue weighted by Gasteiger charge is 2.09. The van der Waals surface area contributed by atoms with Crippen LogP contribution >= 0.6 is 0 Å². The van der Waals surface area contributed by atoms with Gasteiger partial charge in [0.15, 0.2) is 0 Å². The number of nitrogen functional groups attached to an aromatic ring is 1. The van der Waals surface area contributed by atoms with Gasteiger partial charge < -0.3 is 15.0 Å². The molecule has 5 heteroatoms. The van der Waals surface area contributed by atoms with E-state index in [1.807, 2.05) is 48.9 Å². The van der Waals surface area contributed by atoms with Crippen molar-refractivity contribution in [3.8, 4) is 16.9 Å². The monoisotopic (exact) mass is 377 g/mol. The summed E-state index contributed by atoms with van der Waals surface area (Å²) in [7, 11) is 1.72. The molecule has 0 spiro atoms. The Morgan fingerprint density at radius 1 is 1.07 bits per heavy atom. The van der Waals surface area contributed by atoms with E-state index in [0.29, 0.717) is 11.4 Å². The van der Waals surface area contributed by atoms with E-state index >= 15 is 0 Å². The Morgan fingerprint density at radius 2 is 1.79 bits per heavy atom. The van der Waals surface area contributed by atoms with Crippen LogP contribution in [-0.4, -0.2) is 17.7 Å². The molecule has 0 aliphatic rings. The molecule has 144 valence electrons. The first kappa shape index (κ1) is 19.4. The van der Waals surface area contributed by atoms with E-state index in [1.165, 1.54) is 12.1 Å². The van der Waals surface area contributed by atoms with Gasteiger partial charge in [0, 0.05) is 36.3 Å². The number of halogens is 1. The van der Waals surface area contributed by atoms with E-state index in [4.69, 9.17) is 10.5 Å². The SMILES string of the molecule is C=C(c1cc(N)cc(OC(C)C)c1)n1ccc(-c2ccc(F)cc2)cc1=NC. The Hall–Kier alpha value is -3.34. The molecule has 0 saturated heterocycles. The molecule has 1 heterocycles. The Kier molecular flexibility index (Phi) is 5.64. The van der Waals surface area contributed by atoms with E-state index in [9.17, 15) is 4.39 Å². The van der Waals surface area contributed by atoms with Gasteiger partial charge in [-0.15, -0.1) is 0 Å². The highest BCUT2D eigenvalue weighted by Crippen LogP contribution is 2.25. The van der Waals surface area contributed by atoms with E-state index in [1.54, 1.807) is 25.2 Å². The minimum atomic E-state index is -0.260. The first-order valence-corrected chi connectivity index (χ1v) is 9.05. The molecular formula is C23H24FN3O. The van der Waals surface area contributed by atoms with Crippen molar-refractivity contribution in [1.29, 1.82) is 0 Å². The van der Waals surface area contributed by atoms with Crippen molar-refractivity contribution in [2.45, 2.75) is 20.0 Å². The molecule has 0 radical (unpaired) electrons. The van der Waals surface area contributed by atoms with Gasteiger partial charge in [-0.1, -0.05) is 18.7 Å². The third-order valence-electron chi connectivity index (χ3n) is 4.27. The van der Waals surface area contributed by atoms with Crippen LogP contribution in [0.1, 0.15) is 19.4 Å². The summed E-state index contributed by atoms with van der Waals surface area (Å²) in [5.41, 5.74) is 10.8. The molecule has 0 bridgehead atoms. The molecule has 0 amide bonds. The number of rotatable bonds is 5. The van der Waals surface area contributed by atoms with E-state index < -0.39 is 0 Å². The van der Waals surface area contributed by atoms with Crippen molar-refractivity contribution in [2.75, 3.05) is 12.8 Å². The van der Waals surface area contributed by atoms with Gasteiger partial charge in [-0.05, 0) is 61.4 Å². The topological polar surface area (TPSA) is 52.5 Å². The zero-order valence-electron chi connectivity index (χ0n) is 16.3. The van der Waals surface area contributed by atoms with Gasteiger partial charge >= 0.3 is 0 Å². The predicted octanol–water partition coefficient (Wildman–Crippen LogP) is 4.71. The molecule has 4 nitrogen and oxygen atoms in total. The van der Waals surface area contributed by atoms with Crippen molar-refractivity contribution < 1.29 is 9.13 Å². The predicted molar refractivity (Wildman–Crippen MR) is 112 cm³/mol. The van der Waals surface area contributed by atoms with E-state index in [2.05, 4.69) is 11.6 Å². The maximum Gasteiger partial charge on any atom is 0.132 e. The van der Waals surface area contributed by atoms with Gasteiger partial charge in [0.25, 0.3) is 0 Å². The Balaban J connectivity index is 2.01. The molecule has 3 aromatic rings. The fourth-order valence-electron chi connectivity index (χ4n) is 2.98. The lowest BCUT2D eigenvalue weighted by molar-refractivity contribution is 0.242. The molecule has 28 heavy (non-hydrogen) atoms. The highest BCUT2D eigenvalue weighted by atomic mass is 19.1. The van der Waals surface area contributed by atoms with Crippen LogP contribution in [0.3, 0.4) is 0 Å². The van der Waals surface area contributed by atoms with Crippen LogP contribution in [0.5, 0.6) is 5.75 Å². The molecule has 3 rings (SSSR count). The van der Waals surface area contributed by atoms with Crippen molar-refractivity contribution >= 4 is 11.4 Å². The van der Waals surface area contributed by atoms with Gasteiger partial charge in [0.1, 0.15) is 17.1 Å². The fourth-order valence-corrected chi connectivity index (χ4v) is 2.98. The number of benzene rings is 2. The Morgan fingerprint density at radius 3 is 2.43 bits per heavy atom. The molecule has 0 atom stereocenters. The van der Waals surface area contributed by atoms with Gasteiger partial charge in [0.2, 0.25) is 0 Å². The summed E-state index contributed by atoms with van der Waals surface area (Å²) < 4.78 is 20.9. The van der Waals surface area contributed by atoms with Crippen molar-refractivity contribution in [2.24, 2.45) is 4.99 Å². The number of pyridine rings is 1. The molecule has 0 saturated carbocycles. The lowest BCUT2D eigenvalue weighted by Gasteiger charge is -2.16. The zero-order chi connectivity index (χ0) is 20.3. The number of hydrogen-bond acceptors (Lipinski definition) is 3. The van der Waals surface area contributed by atoms with Crippen molar-refractivity contribution in [1.82, 2.24) is 4.57 Å². The lowest BCUT2D eigenvalue weighted by atomic mass is 10.1. The summed E-state index contributed by atoms with van der Waals surface area (Å²) in [6.07, 6.45) is 1.95. The van der Waals surface area contributed by atoms with Crippen LogP contribution < -0.4 is 16.0 Å². The second kappa shape index (κ2) is 8.13. The normalized spacial score (nSPS) is 11.7. The van der Waals surface area contributed by atoms with E-state index in [-0.39, 0.29) is 11.9 Å². The van der Waals surface area contributed by atoms with E-state index in [0.717, 1.165) is 27.9 Å². The van der Waals surface area contributed by atoms with Crippen LogP contribution in [-0.2, 0) is 0 Å². The van der Waals surface area contributed by atoms with Crippen LogP contribution in [0, 0.1) is 5.82 Å². The summed E-state index contributed by atoms with van der Waals surface area (Å²) in [5, 5.41) is 0. The number of nitrogens with zero attached hydrogens (tertiary/aromatic N) is 2. The van der Waals surface area contributed by atoms with Gasteiger partial charge in [-0.3, -0.25) is 4.99 Å². The standard InChI is InChI=1S/C23H24FN3O/c1-15(2)28-22-12-19(11-21(25)14-22)16(3)27-10-9-18(13-23(27)26-4)17-5-7-20(24)8-6-17/h5-15H,3,25H2,1-2,4H3. The Bertz CT molecular complexity index is 1070. The van der Waals surface area contributed by atoms with Crippen LogP contribution in [0.4, 0.5) is 10.1 Å². The van der Waals surface area contributed by atoms with Crippen LogP contribution in [0.25, 0.3) is 16.8 Å². The van der Waals surface area contributed by atoms with Gasteiger partial charge in [-0.25, -0.2) is 4.39 Å². The lowest BCUT2D eigenvalue weighted by Crippen LogP contribution is -2.20. The maximum atomic E-state index is 13.2. The maximum absolute atomic E-state index is 13.2. The summed E-state index contributed by atoms with van der Waals surface area (Å²) >= 11 is 0. The summed E-state index contributed by atoms with van der Waals surface area (Å²) in [6, 6.07) is 15.8. The third-order valence-corrected chi connectivity index (χ3v) is 4.27. The van der Waals surface area contributed by atoms with Gasteiger partial charge in [-0.2, -0.15) is 0 Å². The number of hydrogen-bond donors (Lipinski definition) is 1. The second-order valence-electron chi connectivity index (χ2n) is 6.78. The Labute approximate surface area is 164 Å². The average molecular weight is 377 g/mol.